The van der Waals surface area contributed by atoms with E-state index < -0.39 is 0 Å². The van der Waals surface area contributed by atoms with Gasteiger partial charge in [-0.2, -0.15) is 0 Å². The van der Waals surface area contributed by atoms with E-state index in [4.69, 9.17) is 0 Å². The molecule has 0 bridgehead atoms. The van der Waals surface area contributed by atoms with Gasteiger partial charge in [-0.3, -0.25) is 0 Å². The van der Waals surface area contributed by atoms with Crippen LogP contribution in [0.3, 0.4) is 0 Å². The summed E-state index contributed by atoms with van der Waals surface area (Å²) in [6, 6.07) is 22.9. The highest BCUT2D eigenvalue weighted by molar-refractivity contribution is 6.00. The topological polar surface area (TPSA) is 37.8 Å². The van der Waals surface area contributed by atoms with Crippen LogP contribution in [0.1, 0.15) is 5.56 Å². The number of nitrogens with one attached hydrogen (secondary N) is 1. The lowest BCUT2D eigenvalue weighted by molar-refractivity contribution is 0.619. The van der Waals surface area contributed by atoms with Gasteiger partial charge < -0.3 is 5.32 Å². The molecule has 25 heavy (non-hydrogen) atoms. The Morgan fingerprint density at radius 1 is 0.800 bits per heavy atom. The molecule has 3 nitrogen and oxygen atoms in total. The van der Waals surface area contributed by atoms with Gasteiger partial charge in [0.2, 0.25) is 0 Å². The molecule has 4 rings (SSSR count). The van der Waals surface area contributed by atoms with E-state index in [9.17, 15) is 4.39 Å². The maximum Gasteiger partial charge on any atom is 0.161 e. The quantitative estimate of drug-likeness (QED) is 0.540. The SMILES string of the molecule is Cc1ccc(Nc2nnc(-c3ccccc3)c3ccccc23)cc1F. The van der Waals surface area contributed by atoms with Crippen molar-refractivity contribution in [3.8, 4) is 11.3 Å². The van der Waals surface area contributed by atoms with E-state index >= 15 is 0 Å². The van der Waals surface area contributed by atoms with Gasteiger partial charge in [-0.05, 0) is 24.6 Å². The van der Waals surface area contributed by atoms with E-state index in [0.29, 0.717) is 17.1 Å². The van der Waals surface area contributed by atoms with Crippen molar-refractivity contribution < 1.29 is 4.39 Å². The van der Waals surface area contributed by atoms with Crippen LogP contribution in [0.4, 0.5) is 15.9 Å². The zero-order valence-corrected chi connectivity index (χ0v) is 13.7. The van der Waals surface area contributed by atoms with E-state index in [2.05, 4.69) is 15.5 Å². The highest BCUT2D eigenvalue weighted by Gasteiger charge is 2.11. The molecule has 0 aliphatic heterocycles. The first-order chi connectivity index (χ1) is 12.2. The molecule has 1 aromatic heterocycles. The van der Waals surface area contributed by atoms with Gasteiger partial charge in [0.15, 0.2) is 5.82 Å². The monoisotopic (exact) mass is 329 g/mol. The lowest BCUT2D eigenvalue weighted by Gasteiger charge is -2.11. The molecule has 4 aromatic rings. The summed E-state index contributed by atoms with van der Waals surface area (Å²) in [7, 11) is 0. The Bertz CT molecular complexity index is 1050. The minimum atomic E-state index is -0.247. The van der Waals surface area contributed by atoms with E-state index in [-0.39, 0.29) is 5.82 Å². The van der Waals surface area contributed by atoms with Crippen LogP contribution in [0.5, 0.6) is 0 Å². The molecular weight excluding hydrogens is 313 g/mol. The highest BCUT2D eigenvalue weighted by Crippen LogP contribution is 2.31. The molecule has 0 saturated carbocycles. The van der Waals surface area contributed by atoms with Crippen molar-refractivity contribution in [1.29, 1.82) is 0 Å². The van der Waals surface area contributed by atoms with Crippen LogP contribution in [-0.4, -0.2) is 10.2 Å². The summed E-state index contributed by atoms with van der Waals surface area (Å²) in [5.74, 6) is 0.363. The highest BCUT2D eigenvalue weighted by atomic mass is 19.1. The van der Waals surface area contributed by atoms with Crippen molar-refractivity contribution in [2.45, 2.75) is 6.92 Å². The Hall–Kier alpha value is -3.27. The minimum Gasteiger partial charge on any atom is -0.338 e. The Balaban J connectivity index is 1.82. The summed E-state index contributed by atoms with van der Waals surface area (Å²) in [6.07, 6.45) is 0. The molecule has 0 atom stereocenters. The van der Waals surface area contributed by atoms with E-state index in [0.717, 1.165) is 22.0 Å². The molecular formula is C21H16FN3. The molecule has 1 heterocycles. The van der Waals surface area contributed by atoms with Gasteiger partial charge in [-0.1, -0.05) is 60.7 Å². The molecule has 1 N–H and O–H groups in total. The van der Waals surface area contributed by atoms with E-state index in [1.807, 2.05) is 60.7 Å². The van der Waals surface area contributed by atoms with Gasteiger partial charge in [-0.25, -0.2) is 4.39 Å². The molecule has 0 spiro atoms. The molecule has 122 valence electrons. The lowest BCUT2D eigenvalue weighted by atomic mass is 10.0. The third kappa shape index (κ3) is 2.94. The van der Waals surface area contributed by atoms with Gasteiger partial charge in [-0.15, -0.1) is 10.2 Å². The van der Waals surface area contributed by atoms with Crippen LogP contribution in [0, 0.1) is 12.7 Å². The number of aryl methyl sites for hydroxylation is 1. The maximum atomic E-state index is 13.8. The fraction of sp³-hybridized carbons (Fsp3) is 0.0476. The predicted octanol–water partition coefficient (Wildman–Crippen LogP) is 5.49. The van der Waals surface area contributed by atoms with Crippen molar-refractivity contribution in [2.75, 3.05) is 5.32 Å². The van der Waals surface area contributed by atoms with Crippen molar-refractivity contribution in [3.63, 3.8) is 0 Å². The van der Waals surface area contributed by atoms with E-state index in [1.54, 1.807) is 13.0 Å². The maximum absolute atomic E-state index is 13.8. The van der Waals surface area contributed by atoms with Gasteiger partial charge in [0, 0.05) is 22.0 Å². The second kappa shape index (κ2) is 6.32. The second-order valence-electron chi connectivity index (χ2n) is 5.90. The second-order valence-corrected chi connectivity index (χ2v) is 5.90. The van der Waals surface area contributed by atoms with Crippen LogP contribution in [0.2, 0.25) is 0 Å². The van der Waals surface area contributed by atoms with Gasteiger partial charge in [0.05, 0.1) is 0 Å². The fourth-order valence-electron chi connectivity index (χ4n) is 2.81. The first-order valence-electron chi connectivity index (χ1n) is 8.06. The average Bonchev–Trinajstić information content (AvgIpc) is 2.66. The number of aromatic nitrogens is 2. The van der Waals surface area contributed by atoms with Crippen LogP contribution in [0.15, 0.2) is 72.8 Å². The van der Waals surface area contributed by atoms with Crippen LogP contribution in [0.25, 0.3) is 22.0 Å². The molecule has 0 saturated heterocycles. The van der Waals surface area contributed by atoms with Crippen molar-refractivity contribution in [2.24, 2.45) is 0 Å². The minimum absolute atomic E-state index is 0.247. The zero-order chi connectivity index (χ0) is 17.2. The summed E-state index contributed by atoms with van der Waals surface area (Å²) in [5, 5.41) is 13.9. The predicted molar refractivity (Wildman–Crippen MR) is 99.4 cm³/mol. The lowest BCUT2D eigenvalue weighted by Crippen LogP contribution is -1.99. The van der Waals surface area contributed by atoms with Crippen LogP contribution >= 0.6 is 0 Å². The third-order valence-corrected chi connectivity index (χ3v) is 4.17. The standard InChI is InChI=1S/C21H16FN3/c1-14-11-12-16(13-19(14)22)23-21-18-10-6-5-9-17(18)20(24-25-21)15-7-3-2-4-8-15/h2-13H,1H3,(H,23,25). The average molecular weight is 329 g/mol. The normalized spacial score (nSPS) is 10.8. The summed E-state index contributed by atoms with van der Waals surface area (Å²) in [6.45, 7) is 1.74. The summed E-state index contributed by atoms with van der Waals surface area (Å²) >= 11 is 0. The molecule has 0 aliphatic rings. The molecule has 0 amide bonds. The summed E-state index contributed by atoms with van der Waals surface area (Å²) < 4.78 is 13.8. The number of benzene rings is 3. The zero-order valence-electron chi connectivity index (χ0n) is 13.7. The largest absolute Gasteiger partial charge is 0.338 e. The van der Waals surface area contributed by atoms with Gasteiger partial charge in [0.1, 0.15) is 11.5 Å². The number of anilines is 2. The number of halogens is 1. The number of hydrogen-bond donors (Lipinski definition) is 1. The first-order valence-corrected chi connectivity index (χ1v) is 8.06. The molecule has 0 unspecified atom stereocenters. The van der Waals surface area contributed by atoms with Crippen LogP contribution < -0.4 is 5.32 Å². The fourth-order valence-corrected chi connectivity index (χ4v) is 2.81. The Morgan fingerprint density at radius 3 is 2.28 bits per heavy atom. The van der Waals surface area contributed by atoms with Crippen molar-refractivity contribution in [1.82, 2.24) is 10.2 Å². The molecule has 3 aromatic carbocycles. The van der Waals surface area contributed by atoms with Gasteiger partial charge in [0.25, 0.3) is 0 Å². The van der Waals surface area contributed by atoms with Crippen molar-refractivity contribution >= 4 is 22.3 Å². The Morgan fingerprint density at radius 2 is 1.52 bits per heavy atom. The summed E-state index contributed by atoms with van der Waals surface area (Å²) in [4.78, 5) is 0. The number of fused-ring (bicyclic) bond motifs is 1. The number of nitrogens with zero attached hydrogens (tertiary/aromatic N) is 2. The number of rotatable bonds is 3. The van der Waals surface area contributed by atoms with Gasteiger partial charge >= 0.3 is 0 Å². The molecule has 0 radical (unpaired) electrons. The Labute approximate surface area is 145 Å². The van der Waals surface area contributed by atoms with Crippen LogP contribution in [-0.2, 0) is 0 Å². The Kier molecular flexibility index (Phi) is 3.86. The van der Waals surface area contributed by atoms with Crippen molar-refractivity contribution in [3.05, 3.63) is 84.2 Å². The molecule has 0 fully saturated rings. The first kappa shape index (κ1) is 15.3. The van der Waals surface area contributed by atoms with E-state index in [1.165, 1.54) is 6.07 Å². The summed E-state index contributed by atoms with van der Waals surface area (Å²) in [5.41, 5.74) is 3.10. The molecule has 4 heteroatoms. The third-order valence-electron chi connectivity index (χ3n) is 4.17. The molecule has 0 aliphatic carbocycles. The number of hydrogen-bond acceptors (Lipinski definition) is 3. The smallest absolute Gasteiger partial charge is 0.161 e.